The second-order valence-electron chi connectivity index (χ2n) is 6.64. The molecule has 2 fully saturated rings. The van der Waals surface area contributed by atoms with Gasteiger partial charge in [-0.15, -0.1) is 0 Å². The summed E-state index contributed by atoms with van der Waals surface area (Å²) in [5.41, 5.74) is 0. The lowest BCUT2D eigenvalue weighted by Gasteiger charge is -2.28. The summed E-state index contributed by atoms with van der Waals surface area (Å²) in [7, 11) is 0.137. The number of amides is 1. The third-order valence-corrected chi connectivity index (χ3v) is 6.66. The molecule has 1 amide bonds. The highest BCUT2D eigenvalue weighted by molar-refractivity contribution is 7.86. The van der Waals surface area contributed by atoms with Crippen LogP contribution in [0.15, 0.2) is 0 Å². The number of hydrogen-bond acceptors (Lipinski definition) is 4. The van der Waals surface area contributed by atoms with E-state index >= 15 is 0 Å². The molecule has 2 saturated heterocycles. The minimum Gasteiger partial charge on any atom is -0.348 e. The molecule has 0 atom stereocenters. The molecule has 2 aliphatic heterocycles. The lowest BCUT2D eigenvalue weighted by molar-refractivity contribution is -0.129. The zero-order valence-corrected chi connectivity index (χ0v) is 15.2. The number of hydrogen-bond donors (Lipinski definition) is 0. The van der Waals surface area contributed by atoms with Gasteiger partial charge in [0.15, 0.2) is 0 Å². The van der Waals surface area contributed by atoms with E-state index in [0.717, 1.165) is 38.6 Å². The van der Waals surface area contributed by atoms with Crippen LogP contribution in [0.5, 0.6) is 0 Å². The van der Waals surface area contributed by atoms with E-state index in [9.17, 15) is 13.2 Å². The molecule has 0 N–H and O–H groups in total. The third-order valence-electron chi connectivity index (χ3n) is 4.62. The van der Waals surface area contributed by atoms with Gasteiger partial charge in [-0.1, -0.05) is 12.8 Å². The van der Waals surface area contributed by atoms with Crippen molar-refractivity contribution < 1.29 is 13.2 Å². The van der Waals surface area contributed by atoms with Gasteiger partial charge in [0.25, 0.3) is 10.2 Å². The Balaban J connectivity index is 1.94. The van der Waals surface area contributed by atoms with Crippen LogP contribution in [0.25, 0.3) is 0 Å². The van der Waals surface area contributed by atoms with Crippen LogP contribution in [-0.4, -0.2) is 92.6 Å². The molecular weight excluding hydrogens is 316 g/mol. The van der Waals surface area contributed by atoms with E-state index in [0.29, 0.717) is 39.3 Å². The Morgan fingerprint density at radius 1 is 0.826 bits per heavy atom. The molecule has 2 aliphatic rings. The molecule has 8 heteroatoms. The van der Waals surface area contributed by atoms with E-state index in [1.54, 1.807) is 27.6 Å². The van der Waals surface area contributed by atoms with Crippen LogP contribution in [0, 0.1) is 0 Å². The van der Waals surface area contributed by atoms with E-state index in [2.05, 4.69) is 4.90 Å². The van der Waals surface area contributed by atoms with Crippen molar-refractivity contribution in [3.8, 4) is 0 Å². The fourth-order valence-electron chi connectivity index (χ4n) is 3.10. The van der Waals surface area contributed by atoms with Crippen molar-refractivity contribution in [2.45, 2.75) is 32.1 Å². The molecule has 0 aromatic rings. The molecule has 0 aliphatic carbocycles. The molecule has 0 saturated carbocycles. The van der Waals surface area contributed by atoms with Crippen LogP contribution in [-0.2, 0) is 15.0 Å². The van der Waals surface area contributed by atoms with Crippen LogP contribution < -0.4 is 0 Å². The maximum atomic E-state index is 12.8. The molecule has 0 bridgehead atoms. The number of likely N-dealkylation sites (N-methyl/N-ethyl adjacent to an activating group) is 1. The monoisotopic (exact) mass is 346 g/mol. The average molecular weight is 346 g/mol. The van der Waals surface area contributed by atoms with Crippen LogP contribution in [0.1, 0.15) is 32.1 Å². The molecule has 0 unspecified atom stereocenters. The van der Waals surface area contributed by atoms with Gasteiger partial charge in [0, 0.05) is 46.8 Å². The smallest absolute Gasteiger partial charge is 0.282 e. The fraction of sp³-hybridized carbons (Fsp3) is 0.933. The van der Waals surface area contributed by atoms with Gasteiger partial charge in [-0.3, -0.25) is 9.69 Å². The Hall–Kier alpha value is -0.700. The minimum atomic E-state index is -3.36. The van der Waals surface area contributed by atoms with E-state index < -0.39 is 10.2 Å². The summed E-state index contributed by atoms with van der Waals surface area (Å²) in [5.74, 6) is 0.0637. The Morgan fingerprint density at radius 3 is 2.00 bits per heavy atom. The van der Waals surface area contributed by atoms with E-state index in [4.69, 9.17) is 0 Å². The first-order valence-corrected chi connectivity index (χ1v) is 9.98. The summed E-state index contributed by atoms with van der Waals surface area (Å²) in [4.78, 5) is 15.5. The molecule has 2 rings (SSSR count). The molecule has 0 aromatic heterocycles. The first-order valence-electron chi connectivity index (χ1n) is 8.59. The number of rotatable bonds is 4. The van der Waals surface area contributed by atoms with E-state index in [1.807, 2.05) is 0 Å². The van der Waals surface area contributed by atoms with Crippen molar-refractivity contribution in [3.05, 3.63) is 0 Å². The molecule has 134 valence electrons. The van der Waals surface area contributed by atoms with Crippen molar-refractivity contribution >= 4 is 16.1 Å². The van der Waals surface area contributed by atoms with Gasteiger partial charge < -0.3 is 4.90 Å². The van der Waals surface area contributed by atoms with Crippen molar-refractivity contribution in [3.63, 3.8) is 0 Å². The maximum absolute atomic E-state index is 12.8. The summed E-state index contributed by atoms with van der Waals surface area (Å²) >= 11 is 0. The van der Waals surface area contributed by atoms with Gasteiger partial charge in [0.05, 0.1) is 6.54 Å². The Labute approximate surface area is 140 Å². The van der Waals surface area contributed by atoms with Gasteiger partial charge in [0.1, 0.15) is 0 Å². The van der Waals surface area contributed by atoms with Gasteiger partial charge in [-0.25, -0.2) is 0 Å². The van der Waals surface area contributed by atoms with Gasteiger partial charge in [0.2, 0.25) is 5.91 Å². The quantitative estimate of drug-likeness (QED) is 0.730. The topological polar surface area (TPSA) is 64.2 Å². The molecule has 23 heavy (non-hydrogen) atoms. The average Bonchev–Trinajstić information content (AvgIpc) is 2.90. The number of carbonyl (C=O) groups is 1. The summed E-state index contributed by atoms with van der Waals surface area (Å²) in [6.45, 7) is 4.05. The molecule has 7 nitrogen and oxygen atoms in total. The lowest BCUT2D eigenvalue weighted by Crippen LogP contribution is -2.46. The SMILES string of the molecule is CN(C)C(=O)CN1CCCN(S(=O)(=O)N2CCCCCC2)CC1. The molecule has 0 spiro atoms. The minimum absolute atomic E-state index is 0.0637. The summed E-state index contributed by atoms with van der Waals surface area (Å²) in [6, 6.07) is 0. The largest absolute Gasteiger partial charge is 0.348 e. The van der Waals surface area contributed by atoms with Crippen molar-refractivity contribution in [1.29, 1.82) is 0 Å². The second-order valence-corrected chi connectivity index (χ2v) is 8.57. The lowest BCUT2D eigenvalue weighted by atomic mass is 10.2. The van der Waals surface area contributed by atoms with Crippen molar-refractivity contribution in [1.82, 2.24) is 18.4 Å². The highest BCUT2D eigenvalue weighted by Gasteiger charge is 2.31. The van der Waals surface area contributed by atoms with E-state index in [-0.39, 0.29) is 5.91 Å². The maximum Gasteiger partial charge on any atom is 0.282 e. The molecule has 0 radical (unpaired) electrons. The summed E-state index contributed by atoms with van der Waals surface area (Å²) in [6.07, 6.45) is 4.92. The third kappa shape index (κ3) is 5.14. The van der Waals surface area contributed by atoms with Crippen LogP contribution in [0.3, 0.4) is 0 Å². The summed E-state index contributed by atoms with van der Waals surface area (Å²) in [5, 5.41) is 0. The fourth-order valence-corrected chi connectivity index (χ4v) is 4.82. The van der Waals surface area contributed by atoms with Crippen LogP contribution in [0.2, 0.25) is 0 Å². The highest BCUT2D eigenvalue weighted by Crippen LogP contribution is 2.18. The van der Waals surface area contributed by atoms with Gasteiger partial charge in [-0.05, 0) is 25.8 Å². The number of carbonyl (C=O) groups excluding carboxylic acids is 1. The zero-order chi connectivity index (χ0) is 16.9. The molecule has 2 heterocycles. The van der Waals surface area contributed by atoms with E-state index in [1.165, 1.54) is 0 Å². The zero-order valence-electron chi connectivity index (χ0n) is 14.4. The van der Waals surface area contributed by atoms with Crippen LogP contribution >= 0.6 is 0 Å². The Kier molecular flexibility index (Phi) is 6.82. The van der Waals surface area contributed by atoms with Gasteiger partial charge >= 0.3 is 0 Å². The first-order chi connectivity index (χ1) is 10.9. The van der Waals surface area contributed by atoms with Crippen molar-refractivity contribution in [2.24, 2.45) is 0 Å². The molecule has 0 aromatic carbocycles. The van der Waals surface area contributed by atoms with Crippen LogP contribution in [0.4, 0.5) is 0 Å². The molecular formula is C15H30N4O3S. The predicted molar refractivity (Wildman–Crippen MR) is 90.3 cm³/mol. The Bertz CT molecular complexity index is 487. The Morgan fingerprint density at radius 2 is 1.39 bits per heavy atom. The predicted octanol–water partition coefficient (Wildman–Crippen LogP) is 0.203. The normalized spacial score (nSPS) is 23.2. The highest BCUT2D eigenvalue weighted by atomic mass is 32.2. The number of nitrogens with zero attached hydrogens (tertiary/aromatic N) is 4. The van der Waals surface area contributed by atoms with Gasteiger partial charge in [-0.2, -0.15) is 17.0 Å². The summed E-state index contributed by atoms with van der Waals surface area (Å²) < 4.78 is 28.9. The standard InChI is InChI=1S/C15H30N4O3S/c1-16(2)15(20)14-17-8-7-11-19(13-12-17)23(21,22)18-9-5-3-4-6-10-18/h3-14H2,1-2H3. The van der Waals surface area contributed by atoms with Crippen molar-refractivity contribution in [2.75, 3.05) is 59.9 Å². The second kappa shape index (κ2) is 8.41. The first kappa shape index (κ1) is 18.6.